The summed E-state index contributed by atoms with van der Waals surface area (Å²) in [5.74, 6) is 0.176. The van der Waals surface area contributed by atoms with Crippen LogP contribution < -0.4 is 10.0 Å². The Morgan fingerprint density at radius 3 is 2.27 bits per heavy atom. The Balaban J connectivity index is 2.16. The van der Waals surface area contributed by atoms with Gasteiger partial charge < -0.3 is 10.0 Å². The molecule has 0 spiro atoms. The van der Waals surface area contributed by atoms with E-state index in [4.69, 9.17) is 5.14 Å². The maximum absolute atomic E-state index is 11.3. The monoisotopic (exact) mass is 375 g/mol. The number of aliphatic imine (C=N–C) groups is 1. The normalized spacial score (nSPS) is 13.1. The fraction of sp³-hybridized carbons (Fsp3) is 0.316. The second-order valence-electron chi connectivity index (χ2n) is 5.98. The summed E-state index contributed by atoms with van der Waals surface area (Å²) in [7, 11) is -3.70. The van der Waals surface area contributed by atoms with Gasteiger partial charge in [0.2, 0.25) is 10.0 Å². The number of anilines is 1. The molecule has 0 heterocycles. The van der Waals surface area contributed by atoms with Gasteiger partial charge in [0.25, 0.3) is 0 Å². The van der Waals surface area contributed by atoms with Gasteiger partial charge in [-0.15, -0.1) is 0 Å². The number of nitrogens with zero attached hydrogens (tertiary/aromatic N) is 2. The molecule has 0 aliphatic carbocycles. The number of hydrogen-bond donors (Lipinski definition) is 2. The minimum Gasteiger partial charge on any atom is -0.507 e. The lowest BCUT2D eigenvalue weighted by molar-refractivity contribution is 0.474. The summed E-state index contributed by atoms with van der Waals surface area (Å²) in [5.41, 5.74) is 2.46. The van der Waals surface area contributed by atoms with Gasteiger partial charge >= 0.3 is 0 Å². The van der Waals surface area contributed by atoms with Crippen molar-refractivity contribution in [2.75, 3.05) is 18.0 Å². The van der Waals surface area contributed by atoms with Gasteiger partial charge in [-0.3, -0.25) is 4.99 Å². The molecule has 0 aliphatic heterocycles. The van der Waals surface area contributed by atoms with E-state index in [-0.39, 0.29) is 16.7 Å². The maximum Gasteiger partial charge on any atom is 0.238 e. The van der Waals surface area contributed by atoms with E-state index in [1.807, 2.05) is 19.1 Å². The summed E-state index contributed by atoms with van der Waals surface area (Å²) in [6, 6.07) is 11.6. The minimum absolute atomic E-state index is 0.0714. The SMILES string of the molecule is CCN(CC)c1ccc(C=N[C@@H](C)c2ccc(S(N)(=O)=O)cc2)c(O)c1. The van der Waals surface area contributed by atoms with Crippen molar-refractivity contribution < 1.29 is 13.5 Å². The number of rotatable bonds is 7. The third-order valence-electron chi connectivity index (χ3n) is 4.27. The van der Waals surface area contributed by atoms with Gasteiger partial charge in [0.1, 0.15) is 5.75 Å². The van der Waals surface area contributed by atoms with E-state index in [0.717, 1.165) is 24.3 Å². The Morgan fingerprint density at radius 2 is 1.77 bits per heavy atom. The first-order valence-corrected chi connectivity index (χ1v) is 10.0. The molecule has 0 aromatic heterocycles. The highest BCUT2D eigenvalue weighted by Crippen LogP contribution is 2.25. The van der Waals surface area contributed by atoms with E-state index in [2.05, 4.69) is 23.7 Å². The smallest absolute Gasteiger partial charge is 0.238 e. The van der Waals surface area contributed by atoms with Gasteiger partial charge in [-0.1, -0.05) is 12.1 Å². The molecule has 2 rings (SSSR count). The van der Waals surface area contributed by atoms with E-state index in [9.17, 15) is 13.5 Å². The molecule has 3 N–H and O–H groups in total. The van der Waals surface area contributed by atoms with Gasteiger partial charge in [-0.25, -0.2) is 13.6 Å². The van der Waals surface area contributed by atoms with Gasteiger partial charge in [0.05, 0.1) is 10.9 Å². The number of aromatic hydroxyl groups is 1. The van der Waals surface area contributed by atoms with Crippen molar-refractivity contribution >= 4 is 21.9 Å². The van der Waals surface area contributed by atoms with E-state index in [1.165, 1.54) is 12.1 Å². The zero-order valence-electron chi connectivity index (χ0n) is 15.3. The maximum atomic E-state index is 11.3. The van der Waals surface area contributed by atoms with Crippen LogP contribution in [-0.2, 0) is 10.0 Å². The predicted molar refractivity (Wildman–Crippen MR) is 105 cm³/mol. The molecule has 0 saturated heterocycles. The van der Waals surface area contributed by atoms with Crippen LogP contribution in [0.25, 0.3) is 0 Å². The molecule has 6 nitrogen and oxygen atoms in total. The van der Waals surface area contributed by atoms with E-state index < -0.39 is 10.0 Å². The molecule has 0 saturated carbocycles. The lowest BCUT2D eigenvalue weighted by atomic mass is 10.1. The summed E-state index contributed by atoms with van der Waals surface area (Å²) < 4.78 is 22.6. The average Bonchev–Trinajstić information content (AvgIpc) is 2.61. The standard InChI is InChI=1S/C19H25N3O3S/c1-4-22(5-2)17-9-6-16(19(23)12-17)13-21-14(3)15-7-10-18(11-8-15)26(20,24)25/h6-14,23H,4-5H2,1-3H3,(H2,20,24,25)/t14-/m0/s1. The Hall–Kier alpha value is -2.38. The molecule has 0 amide bonds. The van der Waals surface area contributed by atoms with Crippen molar-refractivity contribution in [3.05, 3.63) is 53.6 Å². The number of nitrogens with two attached hydrogens (primary N) is 1. The van der Waals surface area contributed by atoms with E-state index in [0.29, 0.717) is 5.56 Å². The van der Waals surface area contributed by atoms with Crippen LogP contribution in [0, 0.1) is 0 Å². The second-order valence-corrected chi connectivity index (χ2v) is 7.55. The molecular weight excluding hydrogens is 350 g/mol. The van der Waals surface area contributed by atoms with Gasteiger partial charge in [0, 0.05) is 36.6 Å². The first-order chi connectivity index (χ1) is 12.3. The lowest BCUT2D eigenvalue weighted by Crippen LogP contribution is -2.21. The first-order valence-electron chi connectivity index (χ1n) is 8.50. The van der Waals surface area contributed by atoms with Crippen molar-refractivity contribution in [2.24, 2.45) is 10.1 Å². The minimum atomic E-state index is -3.70. The van der Waals surface area contributed by atoms with E-state index >= 15 is 0 Å². The van der Waals surface area contributed by atoms with Crippen LogP contribution in [0.3, 0.4) is 0 Å². The van der Waals surface area contributed by atoms with Crippen LogP contribution in [0.4, 0.5) is 5.69 Å². The molecule has 0 bridgehead atoms. The average molecular weight is 375 g/mol. The van der Waals surface area contributed by atoms with Gasteiger partial charge in [-0.2, -0.15) is 0 Å². The largest absolute Gasteiger partial charge is 0.507 e. The summed E-state index contributed by atoms with van der Waals surface area (Å²) in [4.78, 5) is 6.67. The summed E-state index contributed by atoms with van der Waals surface area (Å²) in [6.45, 7) is 7.77. The second kappa shape index (κ2) is 8.33. The molecule has 0 unspecified atom stereocenters. The van der Waals surface area contributed by atoms with E-state index in [1.54, 1.807) is 24.4 Å². The fourth-order valence-corrected chi connectivity index (χ4v) is 3.16. The van der Waals surface area contributed by atoms with Crippen molar-refractivity contribution in [1.82, 2.24) is 0 Å². The predicted octanol–water partition coefficient (Wildman–Crippen LogP) is 3.07. The van der Waals surface area contributed by atoms with Gasteiger partial charge in [-0.05, 0) is 50.6 Å². The van der Waals surface area contributed by atoms with Crippen molar-refractivity contribution in [3.63, 3.8) is 0 Å². The Bertz CT molecular complexity index is 873. The van der Waals surface area contributed by atoms with Crippen LogP contribution in [0.2, 0.25) is 0 Å². The highest BCUT2D eigenvalue weighted by Gasteiger charge is 2.10. The topological polar surface area (TPSA) is 96.0 Å². The summed E-state index contributed by atoms with van der Waals surface area (Å²) >= 11 is 0. The molecule has 0 radical (unpaired) electrons. The number of sulfonamides is 1. The lowest BCUT2D eigenvalue weighted by Gasteiger charge is -2.21. The molecular formula is C19H25N3O3S. The molecule has 0 aliphatic rings. The highest BCUT2D eigenvalue weighted by molar-refractivity contribution is 7.89. The Labute approximate surface area is 155 Å². The zero-order valence-corrected chi connectivity index (χ0v) is 16.1. The molecule has 2 aromatic rings. The summed E-state index contributed by atoms with van der Waals surface area (Å²) in [5, 5.41) is 15.3. The number of primary sulfonamides is 1. The molecule has 26 heavy (non-hydrogen) atoms. The quantitative estimate of drug-likeness (QED) is 0.727. The zero-order chi connectivity index (χ0) is 19.3. The number of benzene rings is 2. The Kier molecular flexibility index (Phi) is 6.39. The van der Waals surface area contributed by atoms with Crippen molar-refractivity contribution in [2.45, 2.75) is 31.7 Å². The third-order valence-corrected chi connectivity index (χ3v) is 5.20. The van der Waals surface area contributed by atoms with Crippen LogP contribution in [0.5, 0.6) is 5.75 Å². The number of phenols is 1. The van der Waals surface area contributed by atoms with Crippen LogP contribution in [0.1, 0.15) is 37.9 Å². The van der Waals surface area contributed by atoms with Crippen molar-refractivity contribution in [3.8, 4) is 5.75 Å². The fourth-order valence-electron chi connectivity index (χ4n) is 2.64. The van der Waals surface area contributed by atoms with Crippen molar-refractivity contribution in [1.29, 1.82) is 0 Å². The van der Waals surface area contributed by atoms with Gasteiger partial charge in [0.15, 0.2) is 0 Å². The first kappa shape index (κ1) is 19.9. The number of phenolic OH excluding ortho intramolecular Hbond substituents is 1. The van der Waals surface area contributed by atoms with Crippen LogP contribution >= 0.6 is 0 Å². The molecule has 140 valence electrons. The molecule has 0 fully saturated rings. The number of hydrogen-bond acceptors (Lipinski definition) is 5. The van der Waals surface area contributed by atoms with Crippen LogP contribution in [-0.4, -0.2) is 32.8 Å². The van der Waals surface area contributed by atoms with Crippen LogP contribution in [0.15, 0.2) is 52.4 Å². The molecule has 1 atom stereocenters. The molecule has 2 aromatic carbocycles. The third kappa shape index (κ3) is 4.83. The highest BCUT2D eigenvalue weighted by atomic mass is 32.2. The Morgan fingerprint density at radius 1 is 1.15 bits per heavy atom. The molecule has 7 heteroatoms. The summed E-state index contributed by atoms with van der Waals surface area (Å²) in [6.07, 6.45) is 1.62.